The Morgan fingerprint density at radius 2 is 1.29 bits per heavy atom. The van der Waals surface area contributed by atoms with Gasteiger partial charge in [-0.1, -0.05) is 43.8 Å². The zero-order valence-corrected chi connectivity index (χ0v) is 24.8. The summed E-state index contributed by atoms with van der Waals surface area (Å²) in [7, 11) is 1.46. The number of nitrogens with zero attached hydrogens (tertiary/aromatic N) is 2. The van der Waals surface area contributed by atoms with E-state index in [0.29, 0.717) is 17.3 Å². The van der Waals surface area contributed by atoms with Gasteiger partial charge in [-0.05, 0) is 57.5 Å². The maximum absolute atomic E-state index is 12.3. The lowest BCUT2D eigenvalue weighted by Gasteiger charge is -2.31. The Bertz CT molecular complexity index is 1590. The summed E-state index contributed by atoms with van der Waals surface area (Å²) in [5.41, 5.74) is -1.73. The van der Waals surface area contributed by atoms with E-state index in [9.17, 15) is 19.2 Å². The zero-order valence-electron chi connectivity index (χ0n) is 24.8. The van der Waals surface area contributed by atoms with Gasteiger partial charge in [-0.15, -0.1) is 0 Å². The predicted molar refractivity (Wildman–Crippen MR) is 166 cm³/mol. The number of amides is 2. The van der Waals surface area contributed by atoms with Crippen LogP contribution in [0.1, 0.15) is 46.4 Å². The van der Waals surface area contributed by atoms with Crippen molar-refractivity contribution < 1.29 is 42.9 Å². The number of hydrogen-bond acceptors (Lipinski definition) is 11. The van der Waals surface area contributed by atoms with E-state index in [1.165, 1.54) is 21.0 Å². The van der Waals surface area contributed by atoms with Crippen LogP contribution in [0.15, 0.2) is 54.6 Å². The van der Waals surface area contributed by atoms with E-state index in [4.69, 9.17) is 23.7 Å². The Labute approximate surface area is 260 Å². The van der Waals surface area contributed by atoms with Crippen LogP contribution in [0.5, 0.6) is 17.4 Å². The van der Waals surface area contributed by atoms with Crippen LogP contribution in [0, 0.1) is 0 Å². The average molecular weight is 621 g/mol. The summed E-state index contributed by atoms with van der Waals surface area (Å²) >= 11 is 0. The monoisotopic (exact) mass is 620 g/mol. The van der Waals surface area contributed by atoms with E-state index in [2.05, 4.69) is 20.6 Å². The van der Waals surface area contributed by atoms with Gasteiger partial charge in [-0.25, -0.2) is 14.6 Å². The zero-order chi connectivity index (χ0) is 31.9. The molecule has 0 bridgehead atoms. The fourth-order valence-electron chi connectivity index (χ4n) is 3.98. The lowest BCUT2D eigenvalue weighted by atomic mass is 10.0. The first kappa shape index (κ1) is 34.0. The van der Waals surface area contributed by atoms with Gasteiger partial charge in [0.2, 0.25) is 5.88 Å². The molecule has 2 aliphatic rings. The van der Waals surface area contributed by atoms with E-state index >= 15 is 0 Å². The van der Waals surface area contributed by atoms with Crippen molar-refractivity contribution in [2.45, 2.75) is 46.3 Å². The molecular weight excluding hydrogens is 584 g/mol. The van der Waals surface area contributed by atoms with Crippen molar-refractivity contribution in [1.29, 1.82) is 0 Å². The first-order valence-corrected chi connectivity index (χ1v) is 13.7. The molecule has 5 rings (SSSR count). The minimum atomic E-state index is -1.72. The predicted octanol–water partition coefficient (Wildman–Crippen LogP) is 4.28. The Kier molecular flexibility index (Phi) is 10.8. The lowest BCUT2D eigenvalue weighted by Crippen LogP contribution is -2.55. The van der Waals surface area contributed by atoms with Gasteiger partial charge in [0.05, 0.1) is 26.0 Å². The number of benzene rings is 1. The lowest BCUT2D eigenvalue weighted by molar-refractivity contribution is -0.166. The quantitative estimate of drug-likeness (QED) is 0.286. The van der Waals surface area contributed by atoms with Crippen molar-refractivity contribution in [3.63, 3.8) is 0 Å². The van der Waals surface area contributed by atoms with Gasteiger partial charge in [0, 0.05) is 6.07 Å². The summed E-state index contributed by atoms with van der Waals surface area (Å²) in [5.74, 6) is -1.26. The van der Waals surface area contributed by atoms with Crippen molar-refractivity contribution in [2.24, 2.45) is 0 Å². The molecule has 0 saturated heterocycles. The average Bonchev–Trinajstić information content (AvgIpc) is 3.02. The molecule has 0 fully saturated rings. The van der Waals surface area contributed by atoms with Crippen LogP contribution in [0.2, 0.25) is 0 Å². The Balaban J connectivity index is 0.000000249. The standard InChI is InChI=1S/C19H18N2O4.C12H14N2O5.CH4/c1-3-24-18(23)19(2)17(22)21-16-15(25-19)12-11-14(20-16)10-9-13-7-5-4-6-8-13;1-4-18-11(16)12(2)10(15)14-9-7(19-12)5-6-8(13-9)17-3;/h4-12H,3H2,1-2H3,(H,20,21,22);5-6H,4H2,1-3H3,(H,13,14,15);1H4/b10-9+;;. The van der Waals surface area contributed by atoms with Gasteiger partial charge in [0.25, 0.3) is 23.0 Å². The van der Waals surface area contributed by atoms with Crippen LogP contribution < -0.4 is 24.8 Å². The minimum absolute atomic E-state index is 0. The number of rotatable bonds is 7. The molecule has 2 N–H and O–H groups in total. The van der Waals surface area contributed by atoms with Gasteiger partial charge in [-0.2, -0.15) is 4.98 Å². The van der Waals surface area contributed by atoms with Crippen LogP contribution in [0.3, 0.4) is 0 Å². The van der Waals surface area contributed by atoms with Crippen LogP contribution >= 0.6 is 0 Å². The Morgan fingerprint density at radius 3 is 1.80 bits per heavy atom. The first-order chi connectivity index (χ1) is 21.0. The number of fused-ring (bicyclic) bond motifs is 2. The topological polar surface area (TPSA) is 164 Å². The van der Waals surface area contributed by atoms with E-state index in [1.54, 1.807) is 38.1 Å². The molecule has 1 aromatic carbocycles. The van der Waals surface area contributed by atoms with E-state index in [1.807, 2.05) is 42.5 Å². The third-order valence-electron chi connectivity index (χ3n) is 6.46. The van der Waals surface area contributed by atoms with Gasteiger partial charge in [0.15, 0.2) is 23.1 Å². The van der Waals surface area contributed by atoms with Crippen LogP contribution in [0.25, 0.3) is 12.2 Å². The second-order valence-corrected chi connectivity index (χ2v) is 9.65. The maximum Gasteiger partial charge on any atom is 0.360 e. The van der Waals surface area contributed by atoms with E-state index < -0.39 is 35.0 Å². The van der Waals surface area contributed by atoms with Gasteiger partial charge in [-0.3, -0.25) is 9.59 Å². The third-order valence-corrected chi connectivity index (χ3v) is 6.46. The van der Waals surface area contributed by atoms with Gasteiger partial charge < -0.3 is 34.3 Å². The molecule has 4 heterocycles. The third kappa shape index (κ3) is 7.37. The molecule has 13 nitrogen and oxygen atoms in total. The summed E-state index contributed by atoms with van der Waals surface area (Å²) in [5, 5.41) is 5.13. The number of anilines is 2. The molecule has 0 radical (unpaired) electrons. The Morgan fingerprint density at radius 1 is 0.778 bits per heavy atom. The van der Waals surface area contributed by atoms with Crippen molar-refractivity contribution >= 4 is 47.5 Å². The number of ether oxygens (including phenoxy) is 5. The highest BCUT2D eigenvalue weighted by Gasteiger charge is 2.50. The number of aromatic nitrogens is 2. The summed E-state index contributed by atoms with van der Waals surface area (Å²) in [4.78, 5) is 56.5. The molecule has 2 aliphatic heterocycles. The fraction of sp³-hybridized carbons (Fsp3) is 0.312. The van der Waals surface area contributed by atoms with Crippen molar-refractivity contribution in [3.05, 3.63) is 65.9 Å². The molecule has 3 aromatic rings. The van der Waals surface area contributed by atoms with E-state index in [-0.39, 0.29) is 38.0 Å². The number of esters is 2. The van der Waals surface area contributed by atoms with E-state index in [0.717, 1.165) is 5.56 Å². The highest BCUT2D eigenvalue weighted by atomic mass is 16.6. The van der Waals surface area contributed by atoms with Crippen molar-refractivity contribution in [1.82, 2.24) is 9.97 Å². The highest BCUT2D eigenvalue weighted by molar-refractivity contribution is 6.14. The minimum Gasteiger partial charge on any atom is -0.481 e. The summed E-state index contributed by atoms with van der Waals surface area (Å²) < 4.78 is 25.7. The normalized spacial score (nSPS) is 19.4. The molecule has 2 unspecified atom stereocenters. The number of pyridine rings is 2. The number of methoxy groups -OCH3 is 1. The second-order valence-electron chi connectivity index (χ2n) is 9.65. The first-order valence-electron chi connectivity index (χ1n) is 13.7. The summed E-state index contributed by atoms with van der Waals surface area (Å²) in [6.07, 6.45) is 3.75. The van der Waals surface area contributed by atoms with Crippen molar-refractivity contribution in [2.75, 3.05) is 31.0 Å². The van der Waals surface area contributed by atoms with Crippen molar-refractivity contribution in [3.8, 4) is 17.4 Å². The fourth-order valence-corrected chi connectivity index (χ4v) is 3.98. The number of nitrogens with one attached hydrogen (secondary N) is 2. The molecule has 0 saturated carbocycles. The molecule has 0 spiro atoms. The number of carbonyl (C=O) groups excluding carboxylic acids is 4. The highest BCUT2D eigenvalue weighted by Crippen LogP contribution is 2.35. The largest absolute Gasteiger partial charge is 0.481 e. The summed E-state index contributed by atoms with van der Waals surface area (Å²) in [6.45, 7) is 6.39. The molecular formula is C32H36N4O9. The molecule has 2 aromatic heterocycles. The summed E-state index contributed by atoms with van der Waals surface area (Å²) in [6, 6.07) is 16.4. The molecule has 238 valence electrons. The van der Waals surface area contributed by atoms with Gasteiger partial charge in [0.1, 0.15) is 0 Å². The number of hydrogen-bond donors (Lipinski definition) is 2. The van der Waals surface area contributed by atoms with Crippen LogP contribution in [-0.2, 0) is 28.7 Å². The molecule has 45 heavy (non-hydrogen) atoms. The smallest absolute Gasteiger partial charge is 0.360 e. The van der Waals surface area contributed by atoms with Crippen LogP contribution in [0.4, 0.5) is 11.6 Å². The molecule has 13 heteroatoms. The maximum atomic E-state index is 12.3. The number of carbonyl (C=O) groups is 4. The molecule has 0 aliphatic carbocycles. The molecule has 2 atom stereocenters. The van der Waals surface area contributed by atoms with Crippen LogP contribution in [-0.4, -0.2) is 65.2 Å². The second kappa shape index (κ2) is 14.3. The Hall–Kier alpha value is -5.46. The van der Waals surface area contributed by atoms with Gasteiger partial charge >= 0.3 is 11.9 Å². The SMILES string of the molecule is C.CCOC(=O)C1(C)Oc2ccc(/C=C/c3ccccc3)nc2NC1=O.CCOC(=O)C1(C)Oc2ccc(OC)nc2NC1=O. The molecule has 2 amide bonds.